The molecule has 1 aromatic carbocycles. The molecule has 0 bridgehead atoms. The van der Waals surface area contributed by atoms with Crippen molar-refractivity contribution in [3.8, 4) is 11.5 Å². The zero-order valence-corrected chi connectivity index (χ0v) is 29.0. The predicted octanol–water partition coefficient (Wildman–Crippen LogP) is 4.19. The average molecular weight is 651 g/mol. The van der Waals surface area contributed by atoms with Crippen LogP contribution in [-0.2, 0) is 0 Å². The molecule has 0 aliphatic carbocycles. The largest absolute Gasteiger partial charge is 0.451 e. The minimum Gasteiger partial charge on any atom is -0.451 e. The van der Waals surface area contributed by atoms with E-state index in [1.807, 2.05) is 27.7 Å². The second-order valence-electron chi connectivity index (χ2n) is 14.9. The Morgan fingerprint density at radius 3 is 2.53 bits per heavy atom. The van der Waals surface area contributed by atoms with Gasteiger partial charge in [0.1, 0.15) is 17.9 Å². The van der Waals surface area contributed by atoms with Crippen LogP contribution >= 0.6 is 0 Å². The van der Waals surface area contributed by atoms with Crippen LogP contribution in [0.4, 0.5) is 10.2 Å². The van der Waals surface area contributed by atoms with E-state index < -0.39 is 5.82 Å². The van der Waals surface area contributed by atoms with Gasteiger partial charge in [0, 0.05) is 69.9 Å². The molecule has 6 rings (SSSR count). The van der Waals surface area contributed by atoms with Crippen molar-refractivity contribution in [1.82, 2.24) is 34.9 Å². The molecule has 2 aromatic rings. The molecule has 4 fully saturated rings. The third kappa shape index (κ3) is 8.24. The lowest BCUT2D eigenvalue weighted by molar-refractivity contribution is 0.0640. The molecular formula is C36H55FN8O2. The molecule has 47 heavy (non-hydrogen) atoms. The maximum absolute atomic E-state index is 14.4. The number of ether oxygens (including phenoxy) is 1. The number of nitrogens with one attached hydrogen (secondary N) is 1. The molecule has 4 saturated heterocycles. The topological polar surface area (TPSA) is 80.3 Å². The Labute approximate surface area is 280 Å². The normalized spacial score (nSPS) is 22.5. The second kappa shape index (κ2) is 15.1. The van der Waals surface area contributed by atoms with Crippen LogP contribution in [0.2, 0.25) is 0 Å². The maximum Gasteiger partial charge on any atom is 0.258 e. The number of piperidine rings is 1. The summed E-state index contributed by atoms with van der Waals surface area (Å²) in [5.41, 5.74) is 0.504. The summed E-state index contributed by atoms with van der Waals surface area (Å²) >= 11 is 0. The van der Waals surface area contributed by atoms with E-state index in [9.17, 15) is 9.18 Å². The molecule has 1 aromatic heterocycles. The fraction of sp³-hybridized carbons (Fsp3) is 0.694. The number of halogens is 1. The molecule has 4 aliphatic heterocycles. The lowest BCUT2D eigenvalue weighted by Gasteiger charge is -2.54. The summed E-state index contributed by atoms with van der Waals surface area (Å²) in [4.78, 5) is 34.4. The van der Waals surface area contributed by atoms with E-state index in [2.05, 4.69) is 34.9 Å². The second-order valence-corrected chi connectivity index (χ2v) is 14.9. The van der Waals surface area contributed by atoms with Crippen molar-refractivity contribution in [3.63, 3.8) is 0 Å². The molecule has 0 saturated carbocycles. The quantitative estimate of drug-likeness (QED) is 0.385. The summed E-state index contributed by atoms with van der Waals surface area (Å²) in [7, 11) is 0. The van der Waals surface area contributed by atoms with Gasteiger partial charge in [-0.25, -0.2) is 14.4 Å². The molecule has 258 valence electrons. The van der Waals surface area contributed by atoms with Crippen molar-refractivity contribution in [2.45, 2.75) is 65.5 Å². The number of rotatable bonds is 11. The molecular weight excluding hydrogens is 595 g/mol. The molecule has 5 heterocycles. The Morgan fingerprint density at radius 2 is 1.77 bits per heavy atom. The van der Waals surface area contributed by atoms with Gasteiger partial charge in [0.2, 0.25) is 0 Å². The Kier molecular flexibility index (Phi) is 11.0. The van der Waals surface area contributed by atoms with Crippen LogP contribution in [0, 0.1) is 17.2 Å². The number of hydrogen-bond donors (Lipinski definition) is 1. The van der Waals surface area contributed by atoms with Crippen LogP contribution < -0.4 is 15.0 Å². The minimum atomic E-state index is -0.472. The number of carbonyl (C=O) groups excluding carboxylic acids is 1. The van der Waals surface area contributed by atoms with E-state index in [0.29, 0.717) is 16.9 Å². The highest BCUT2D eigenvalue weighted by atomic mass is 19.1. The summed E-state index contributed by atoms with van der Waals surface area (Å²) < 4.78 is 20.7. The highest BCUT2D eigenvalue weighted by Crippen LogP contribution is 2.45. The van der Waals surface area contributed by atoms with Crippen molar-refractivity contribution in [3.05, 3.63) is 42.1 Å². The Balaban J connectivity index is 1.00. The smallest absolute Gasteiger partial charge is 0.258 e. The summed E-state index contributed by atoms with van der Waals surface area (Å²) in [6, 6.07) is 4.05. The van der Waals surface area contributed by atoms with E-state index in [0.717, 1.165) is 51.0 Å². The first-order chi connectivity index (χ1) is 22.7. The fourth-order valence-electron chi connectivity index (χ4n) is 8.18. The third-order valence-electron chi connectivity index (χ3n) is 10.7. The van der Waals surface area contributed by atoms with Crippen LogP contribution in [-0.4, -0.2) is 133 Å². The van der Waals surface area contributed by atoms with E-state index >= 15 is 0 Å². The lowest BCUT2D eigenvalue weighted by Crippen LogP contribution is -2.61. The maximum atomic E-state index is 14.4. The SMILES string of the molecule is CC(C)N(C(=O)c1cc(F)ccc1Oc1cncnc1N1CC2(CCN(C[C@H]3CCN(CCN4CCCNCC4)C3)CC2)C1)C(C)C. The van der Waals surface area contributed by atoms with E-state index in [-0.39, 0.29) is 23.6 Å². The van der Waals surface area contributed by atoms with E-state index in [4.69, 9.17) is 4.74 Å². The minimum absolute atomic E-state index is 0.0390. The number of likely N-dealkylation sites (tertiary alicyclic amines) is 2. The first-order valence-electron chi connectivity index (χ1n) is 17.9. The summed E-state index contributed by atoms with van der Waals surface area (Å²) in [6.45, 7) is 22.8. The monoisotopic (exact) mass is 650 g/mol. The first-order valence-corrected chi connectivity index (χ1v) is 17.9. The lowest BCUT2D eigenvalue weighted by atomic mass is 9.72. The van der Waals surface area contributed by atoms with Crippen molar-refractivity contribution < 1.29 is 13.9 Å². The molecule has 0 unspecified atom stereocenters. The van der Waals surface area contributed by atoms with Gasteiger partial charge in [0.15, 0.2) is 11.6 Å². The highest BCUT2D eigenvalue weighted by Gasteiger charge is 2.46. The first kappa shape index (κ1) is 34.0. The van der Waals surface area contributed by atoms with Gasteiger partial charge >= 0.3 is 0 Å². The summed E-state index contributed by atoms with van der Waals surface area (Å²) in [6.07, 6.45) is 8.16. The van der Waals surface area contributed by atoms with Gasteiger partial charge < -0.3 is 34.6 Å². The molecule has 10 nitrogen and oxygen atoms in total. The van der Waals surface area contributed by atoms with Crippen LogP contribution in [0.5, 0.6) is 11.5 Å². The van der Waals surface area contributed by atoms with Crippen LogP contribution in [0.1, 0.15) is 63.7 Å². The number of amides is 1. The highest BCUT2D eigenvalue weighted by molar-refractivity contribution is 5.97. The van der Waals surface area contributed by atoms with E-state index in [1.165, 1.54) is 89.7 Å². The van der Waals surface area contributed by atoms with Crippen LogP contribution in [0.25, 0.3) is 0 Å². The van der Waals surface area contributed by atoms with Crippen molar-refractivity contribution in [2.75, 3.05) is 90.0 Å². The average Bonchev–Trinajstić information content (AvgIpc) is 3.31. The fourth-order valence-corrected chi connectivity index (χ4v) is 8.18. The summed E-state index contributed by atoms with van der Waals surface area (Å²) in [5.74, 6) is 1.58. The zero-order valence-electron chi connectivity index (χ0n) is 29.0. The number of aromatic nitrogens is 2. The standard InChI is InChI=1S/C36H55FN8O2/c1-27(2)45(28(3)4)35(46)31-20-30(37)6-7-32(31)47-33-21-39-26-40-34(33)44-24-36(25-44)9-15-43(16-10-36)23-29-8-14-42(22-29)19-18-41-13-5-11-38-12-17-41/h6-7,20-21,26-29,38H,5,8-19,22-25H2,1-4H3/t29-/m0/s1. The Morgan fingerprint density at radius 1 is 1.00 bits per heavy atom. The summed E-state index contributed by atoms with van der Waals surface area (Å²) in [5, 5.41) is 3.51. The Hall–Kier alpha value is -2.86. The van der Waals surface area contributed by atoms with Crippen molar-refractivity contribution >= 4 is 11.7 Å². The van der Waals surface area contributed by atoms with Gasteiger partial charge in [-0.15, -0.1) is 0 Å². The van der Waals surface area contributed by atoms with Crippen LogP contribution in [0.15, 0.2) is 30.7 Å². The molecule has 1 spiro atoms. The molecule has 1 amide bonds. The predicted molar refractivity (Wildman–Crippen MR) is 184 cm³/mol. The number of benzene rings is 1. The molecule has 1 atom stereocenters. The van der Waals surface area contributed by atoms with E-state index in [1.54, 1.807) is 17.4 Å². The van der Waals surface area contributed by atoms with Gasteiger partial charge in [0.25, 0.3) is 5.91 Å². The van der Waals surface area contributed by atoms with Gasteiger partial charge in [-0.1, -0.05) is 0 Å². The van der Waals surface area contributed by atoms with Crippen LogP contribution in [0.3, 0.4) is 0 Å². The number of anilines is 1. The molecule has 4 aliphatic rings. The van der Waals surface area contributed by atoms with Gasteiger partial charge in [-0.3, -0.25) is 4.79 Å². The zero-order chi connectivity index (χ0) is 33.0. The third-order valence-corrected chi connectivity index (χ3v) is 10.7. The molecule has 0 radical (unpaired) electrons. The van der Waals surface area contributed by atoms with Crippen molar-refractivity contribution in [1.29, 1.82) is 0 Å². The molecule has 1 N–H and O–H groups in total. The van der Waals surface area contributed by atoms with Gasteiger partial charge in [0.05, 0.1) is 11.8 Å². The van der Waals surface area contributed by atoms with Gasteiger partial charge in [-0.2, -0.15) is 0 Å². The number of hydrogen-bond acceptors (Lipinski definition) is 9. The molecule has 11 heteroatoms. The van der Waals surface area contributed by atoms with Crippen molar-refractivity contribution in [2.24, 2.45) is 11.3 Å². The number of nitrogens with zero attached hydrogens (tertiary/aromatic N) is 7. The van der Waals surface area contributed by atoms with Gasteiger partial charge in [-0.05, 0) is 110 Å². The number of carbonyl (C=O) groups is 1. The Bertz CT molecular complexity index is 1330.